The molecule has 0 aliphatic rings. The summed E-state index contributed by atoms with van der Waals surface area (Å²) >= 11 is 5.39. The Labute approximate surface area is 118 Å². The number of benzene rings is 1. The standard InChI is InChI=1S/C7H5NO3S3.Na.H/c9-14(10,11)4-1-2-6-5(3-4)8-7(12)13-6;;/h1-3H,(H,8,12)(H,9,10,11);;. The van der Waals surface area contributed by atoms with E-state index in [0.717, 1.165) is 4.70 Å². The van der Waals surface area contributed by atoms with Crippen molar-refractivity contribution in [1.29, 1.82) is 0 Å². The van der Waals surface area contributed by atoms with E-state index < -0.39 is 10.1 Å². The van der Waals surface area contributed by atoms with Crippen LogP contribution >= 0.6 is 24.0 Å². The minimum absolute atomic E-state index is 0. The molecule has 1 N–H and O–H groups in total. The van der Waals surface area contributed by atoms with Gasteiger partial charge in [0.15, 0.2) is 0 Å². The number of fused-ring (bicyclic) bond motifs is 1. The number of hydrogen-bond acceptors (Lipinski definition) is 5. The van der Waals surface area contributed by atoms with Crippen molar-refractivity contribution in [1.82, 2.24) is 4.98 Å². The Balaban J connectivity index is 0.00000112. The van der Waals surface area contributed by atoms with E-state index in [9.17, 15) is 8.42 Å². The first-order valence-electron chi connectivity index (χ1n) is 3.54. The van der Waals surface area contributed by atoms with Gasteiger partial charge in [0.1, 0.15) is 4.34 Å². The van der Waals surface area contributed by atoms with Crippen LogP contribution in [-0.2, 0) is 10.1 Å². The Morgan fingerprint density at radius 2 is 2.07 bits per heavy atom. The van der Waals surface area contributed by atoms with Gasteiger partial charge in [0.05, 0.1) is 15.1 Å². The Morgan fingerprint density at radius 1 is 1.40 bits per heavy atom. The molecule has 0 bridgehead atoms. The van der Waals surface area contributed by atoms with Crippen LogP contribution in [0.5, 0.6) is 0 Å². The van der Waals surface area contributed by atoms with Gasteiger partial charge in [0.25, 0.3) is 10.1 Å². The zero-order valence-corrected chi connectivity index (χ0v) is 9.23. The number of thiol groups is 1. The predicted molar refractivity (Wildman–Crippen MR) is 63.8 cm³/mol. The molecule has 2 aromatic rings. The molecule has 1 heterocycles. The van der Waals surface area contributed by atoms with Crippen LogP contribution in [0.3, 0.4) is 0 Å². The average molecular weight is 271 g/mol. The van der Waals surface area contributed by atoms with Crippen molar-refractivity contribution in [3.63, 3.8) is 0 Å². The molecule has 76 valence electrons. The van der Waals surface area contributed by atoms with E-state index in [1.54, 1.807) is 6.07 Å². The topological polar surface area (TPSA) is 67.3 Å². The molecule has 0 radical (unpaired) electrons. The number of nitrogens with zero attached hydrogens (tertiary/aromatic N) is 1. The van der Waals surface area contributed by atoms with Crippen molar-refractivity contribution in [3.05, 3.63) is 18.2 Å². The van der Waals surface area contributed by atoms with E-state index in [2.05, 4.69) is 17.6 Å². The Bertz CT molecular complexity index is 593. The summed E-state index contributed by atoms with van der Waals surface area (Å²) in [7, 11) is -4.15. The van der Waals surface area contributed by atoms with Gasteiger partial charge in [-0.15, -0.1) is 24.0 Å². The molecular weight excluding hydrogens is 265 g/mol. The molecule has 0 fully saturated rings. The van der Waals surface area contributed by atoms with Crippen molar-refractivity contribution in [2.75, 3.05) is 0 Å². The van der Waals surface area contributed by atoms with Gasteiger partial charge in [-0.1, -0.05) is 0 Å². The normalized spacial score (nSPS) is 11.3. The molecule has 0 unspecified atom stereocenters. The van der Waals surface area contributed by atoms with Crippen LogP contribution in [0.25, 0.3) is 10.2 Å². The van der Waals surface area contributed by atoms with Crippen molar-refractivity contribution in [3.8, 4) is 0 Å². The number of rotatable bonds is 1. The Kier molecular flexibility index (Phi) is 4.21. The van der Waals surface area contributed by atoms with Gasteiger partial charge in [-0.05, 0) is 18.2 Å². The third-order valence-electron chi connectivity index (χ3n) is 1.65. The summed E-state index contributed by atoms with van der Waals surface area (Å²) in [6.45, 7) is 0. The first-order chi connectivity index (χ1) is 6.47. The van der Waals surface area contributed by atoms with Crippen LogP contribution in [0.2, 0.25) is 0 Å². The van der Waals surface area contributed by atoms with E-state index >= 15 is 0 Å². The quantitative estimate of drug-likeness (QED) is 0.464. The molecule has 0 saturated carbocycles. The van der Waals surface area contributed by atoms with Gasteiger partial charge in [-0.2, -0.15) is 8.42 Å². The summed E-state index contributed by atoms with van der Waals surface area (Å²) in [5, 5.41) is 0. The minimum atomic E-state index is -4.15. The summed E-state index contributed by atoms with van der Waals surface area (Å²) in [6.07, 6.45) is 0. The first kappa shape index (κ1) is 13.4. The van der Waals surface area contributed by atoms with Gasteiger partial charge in [0.2, 0.25) is 0 Å². The predicted octanol–water partition coefficient (Wildman–Crippen LogP) is 1.18. The summed E-state index contributed by atoms with van der Waals surface area (Å²) in [5.41, 5.74) is 0.523. The van der Waals surface area contributed by atoms with Gasteiger partial charge < -0.3 is 0 Å². The summed E-state index contributed by atoms with van der Waals surface area (Å²) in [5.74, 6) is 0. The second-order valence-corrected chi connectivity index (χ2v) is 5.78. The molecule has 0 aliphatic heterocycles. The van der Waals surface area contributed by atoms with Crippen LogP contribution in [0.4, 0.5) is 0 Å². The summed E-state index contributed by atoms with van der Waals surface area (Å²) in [4.78, 5) is 3.85. The van der Waals surface area contributed by atoms with Crippen molar-refractivity contribution in [2.24, 2.45) is 0 Å². The average Bonchev–Trinajstić information content (AvgIpc) is 2.41. The second kappa shape index (κ2) is 4.70. The monoisotopic (exact) mass is 271 g/mol. The van der Waals surface area contributed by atoms with Crippen molar-refractivity contribution >= 4 is 73.9 Å². The van der Waals surface area contributed by atoms with E-state index in [-0.39, 0.29) is 34.5 Å². The van der Waals surface area contributed by atoms with Crippen LogP contribution in [0.1, 0.15) is 0 Å². The molecule has 8 heteroatoms. The fraction of sp³-hybridized carbons (Fsp3) is 0. The number of hydrogen-bond donors (Lipinski definition) is 2. The van der Waals surface area contributed by atoms with Crippen LogP contribution < -0.4 is 0 Å². The molecule has 0 amide bonds. The van der Waals surface area contributed by atoms with Gasteiger partial charge in [0, 0.05) is 0 Å². The molecule has 0 saturated heterocycles. The summed E-state index contributed by atoms with van der Waals surface area (Å²) < 4.78 is 31.8. The Hall–Kier alpha value is 0.370. The van der Waals surface area contributed by atoms with E-state index in [4.69, 9.17) is 4.55 Å². The Morgan fingerprint density at radius 3 is 2.67 bits per heavy atom. The fourth-order valence-corrected chi connectivity index (χ4v) is 2.64. The van der Waals surface area contributed by atoms with Crippen molar-refractivity contribution < 1.29 is 13.0 Å². The maximum atomic E-state index is 10.8. The van der Waals surface area contributed by atoms with E-state index in [1.807, 2.05) is 0 Å². The van der Waals surface area contributed by atoms with Crippen LogP contribution in [-0.4, -0.2) is 47.5 Å². The number of aromatic nitrogens is 1. The van der Waals surface area contributed by atoms with Crippen molar-refractivity contribution in [2.45, 2.75) is 9.24 Å². The van der Waals surface area contributed by atoms with Gasteiger partial charge in [-0.25, -0.2) is 4.98 Å². The van der Waals surface area contributed by atoms with Crippen LogP contribution in [0, 0.1) is 0 Å². The molecular formula is C7H6NNaO3S3. The fourth-order valence-electron chi connectivity index (χ4n) is 1.06. The van der Waals surface area contributed by atoms with E-state index in [1.165, 1.54) is 23.5 Å². The van der Waals surface area contributed by atoms with E-state index in [0.29, 0.717) is 9.86 Å². The van der Waals surface area contributed by atoms with Gasteiger partial charge in [-0.3, -0.25) is 4.55 Å². The molecule has 15 heavy (non-hydrogen) atoms. The zero-order chi connectivity index (χ0) is 10.3. The molecule has 0 spiro atoms. The molecule has 4 nitrogen and oxygen atoms in total. The van der Waals surface area contributed by atoms with Gasteiger partial charge >= 0.3 is 29.6 Å². The summed E-state index contributed by atoms with van der Waals surface area (Å²) in [6, 6.07) is 4.25. The van der Waals surface area contributed by atoms with Crippen LogP contribution in [0.15, 0.2) is 27.4 Å². The number of thiazole rings is 1. The zero-order valence-electron chi connectivity index (χ0n) is 6.71. The molecule has 1 aromatic heterocycles. The third-order valence-corrected chi connectivity index (χ3v) is 3.71. The second-order valence-electron chi connectivity index (χ2n) is 2.60. The molecule has 0 aliphatic carbocycles. The molecule has 0 atom stereocenters. The first-order valence-corrected chi connectivity index (χ1v) is 6.24. The maximum absolute atomic E-state index is 10.8. The molecule has 2 rings (SSSR count). The molecule has 1 aromatic carbocycles. The third kappa shape index (κ3) is 2.94. The SMILES string of the molecule is O=S(=O)(O)c1ccc2sc(S)nc2c1.[NaH].